The molecule has 1 aliphatic heterocycles. The van der Waals surface area contributed by atoms with Crippen molar-refractivity contribution in [3.05, 3.63) is 18.2 Å². The first-order valence-corrected chi connectivity index (χ1v) is 4.33. The van der Waals surface area contributed by atoms with Gasteiger partial charge >= 0.3 is 0 Å². The number of fused-ring (bicyclic) bond motifs is 1. The van der Waals surface area contributed by atoms with Gasteiger partial charge in [0.25, 0.3) is 0 Å². The van der Waals surface area contributed by atoms with Gasteiger partial charge in [-0.15, -0.1) is 0 Å². The van der Waals surface area contributed by atoms with Crippen LogP contribution in [0.5, 0.6) is 0 Å². The van der Waals surface area contributed by atoms with Gasteiger partial charge in [-0.25, -0.2) is 4.98 Å². The summed E-state index contributed by atoms with van der Waals surface area (Å²) in [6.07, 6.45) is -0.805. The highest BCUT2D eigenvalue weighted by Gasteiger charge is 2.40. The monoisotopic (exact) mass is 200 g/mol. The van der Waals surface area contributed by atoms with Crippen molar-refractivity contribution in [1.29, 1.82) is 0 Å². The molecule has 0 spiro atoms. The number of hydrogen-bond donors (Lipinski definition) is 4. The predicted octanol–water partition coefficient (Wildman–Crippen LogP) is -1.81. The molecule has 1 aliphatic rings. The number of rotatable bonds is 1. The van der Waals surface area contributed by atoms with E-state index in [9.17, 15) is 15.3 Å². The van der Waals surface area contributed by atoms with Gasteiger partial charge in [0.2, 0.25) is 0 Å². The number of hydrogen-bond acceptors (Lipinski definition) is 5. The van der Waals surface area contributed by atoms with Gasteiger partial charge < -0.3 is 25.0 Å². The molecule has 6 nitrogen and oxygen atoms in total. The topological polar surface area (TPSA) is 98.7 Å². The van der Waals surface area contributed by atoms with Crippen molar-refractivity contribution in [1.82, 2.24) is 9.55 Å². The van der Waals surface area contributed by atoms with E-state index in [-0.39, 0.29) is 6.61 Å². The van der Waals surface area contributed by atoms with Crippen molar-refractivity contribution >= 4 is 0 Å². The van der Waals surface area contributed by atoms with Crippen molar-refractivity contribution in [3.8, 4) is 0 Å². The van der Waals surface area contributed by atoms with E-state index in [2.05, 4.69) is 4.98 Å². The highest BCUT2D eigenvalue weighted by atomic mass is 16.4. The maximum atomic E-state index is 9.55. The average molecular weight is 200 g/mol. The van der Waals surface area contributed by atoms with E-state index in [0.717, 1.165) is 0 Å². The fraction of sp³-hybridized carbons (Fsp3) is 0.625. The molecule has 14 heavy (non-hydrogen) atoms. The molecule has 78 valence electrons. The molecule has 4 N–H and O–H groups in total. The Balaban J connectivity index is 2.44. The lowest BCUT2D eigenvalue weighted by Crippen LogP contribution is -2.45. The van der Waals surface area contributed by atoms with Crippen molar-refractivity contribution in [2.24, 2.45) is 0 Å². The molecule has 1 aromatic heterocycles. The minimum Gasteiger partial charge on any atom is -0.394 e. The Hall–Kier alpha value is -0.950. The van der Waals surface area contributed by atoms with Crippen LogP contribution in [0.25, 0.3) is 0 Å². The smallest absolute Gasteiger partial charge is 0.124 e. The minimum atomic E-state index is -1.28. The van der Waals surface area contributed by atoms with E-state index in [4.69, 9.17) is 5.11 Å². The number of nitrogens with zero attached hydrogens (tertiary/aromatic N) is 2. The lowest BCUT2D eigenvalue weighted by Gasteiger charge is -2.35. The third kappa shape index (κ3) is 1.16. The maximum absolute atomic E-state index is 9.55. The average Bonchev–Trinajstić information content (AvgIpc) is 2.64. The van der Waals surface area contributed by atoms with Crippen LogP contribution in [0.1, 0.15) is 17.8 Å². The first-order valence-electron chi connectivity index (χ1n) is 4.33. The number of aliphatic hydroxyl groups is 4. The summed E-state index contributed by atoms with van der Waals surface area (Å²) in [4.78, 5) is 3.79. The third-order valence-electron chi connectivity index (χ3n) is 2.61. The van der Waals surface area contributed by atoms with E-state index in [0.29, 0.717) is 5.69 Å². The molecule has 0 amide bonds. The molecule has 4 atom stereocenters. The third-order valence-corrected chi connectivity index (χ3v) is 2.61. The molecule has 1 aromatic rings. The van der Waals surface area contributed by atoms with Crippen molar-refractivity contribution in [2.75, 3.05) is 6.61 Å². The second kappa shape index (κ2) is 3.32. The standard InChI is InChI=1S/C8H12N2O4/c11-2-5-7(13)8(14)6(12)4-1-9-3-10(4)5/h1,3,5-8,11-14H,2H2/t5-,6+,7+,8-/m0/s1. The van der Waals surface area contributed by atoms with Crippen LogP contribution in [0.15, 0.2) is 12.5 Å². The van der Waals surface area contributed by atoms with Gasteiger partial charge in [0.1, 0.15) is 18.3 Å². The second-order valence-electron chi connectivity index (χ2n) is 3.40. The highest BCUT2D eigenvalue weighted by Crippen LogP contribution is 2.31. The first kappa shape index (κ1) is 9.60. The van der Waals surface area contributed by atoms with Gasteiger partial charge in [0.15, 0.2) is 0 Å². The van der Waals surface area contributed by atoms with Crippen LogP contribution in [0, 0.1) is 0 Å². The molecular formula is C8H12N2O4. The summed E-state index contributed by atoms with van der Waals surface area (Å²) in [7, 11) is 0. The van der Waals surface area contributed by atoms with Crippen LogP contribution in [0.4, 0.5) is 0 Å². The summed E-state index contributed by atoms with van der Waals surface area (Å²) >= 11 is 0. The lowest BCUT2D eigenvalue weighted by atomic mass is 9.95. The Kier molecular flexibility index (Phi) is 2.28. The quantitative estimate of drug-likeness (QED) is 0.428. The van der Waals surface area contributed by atoms with Crippen LogP contribution in [-0.4, -0.2) is 48.8 Å². The Morgan fingerprint density at radius 1 is 1.29 bits per heavy atom. The zero-order valence-corrected chi connectivity index (χ0v) is 7.35. The molecular weight excluding hydrogens is 188 g/mol. The molecule has 0 saturated heterocycles. The van der Waals surface area contributed by atoms with Gasteiger partial charge in [0.05, 0.1) is 30.9 Å². The van der Waals surface area contributed by atoms with Gasteiger partial charge in [-0.05, 0) is 0 Å². The van der Waals surface area contributed by atoms with Crippen molar-refractivity contribution in [3.63, 3.8) is 0 Å². The Bertz CT molecular complexity index is 327. The van der Waals surface area contributed by atoms with Crippen LogP contribution < -0.4 is 0 Å². The maximum Gasteiger partial charge on any atom is 0.124 e. The van der Waals surface area contributed by atoms with Gasteiger partial charge in [-0.3, -0.25) is 0 Å². The summed E-state index contributed by atoms with van der Waals surface area (Å²) in [6.45, 7) is -0.311. The second-order valence-corrected chi connectivity index (χ2v) is 3.40. The summed E-state index contributed by atoms with van der Waals surface area (Å²) in [5.74, 6) is 0. The fourth-order valence-electron chi connectivity index (χ4n) is 1.77. The Morgan fingerprint density at radius 3 is 2.64 bits per heavy atom. The molecule has 0 saturated carbocycles. The van der Waals surface area contributed by atoms with Gasteiger partial charge in [-0.2, -0.15) is 0 Å². The molecule has 2 rings (SSSR count). The molecule has 0 aromatic carbocycles. The molecule has 6 heteroatoms. The van der Waals surface area contributed by atoms with E-state index >= 15 is 0 Å². The fourth-order valence-corrected chi connectivity index (χ4v) is 1.77. The Labute approximate surface area is 80.1 Å². The van der Waals surface area contributed by atoms with Crippen LogP contribution in [0.3, 0.4) is 0 Å². The van der Waals surface area contributed by atoms with E-state index < -0.39 is 24.4 Å². The van der Waals surface area contributed by atoms with Crippen LogP contribution in [0.2, 0.25) is 0 Å². The summed E-state index contributed by atoms with van der Waals surface area (Å²) in [6, 6.07) is -0.647. The zero-order chi connectivity index (χ0) is 10.3. The van der Waals surface area contributed by atoms with Crippen LogP contribution >= 0.6 is 0 Å². The van der Waals surface area contributed by atoms with Gasteiger partial charge in [0, 0.05) is 0 Å². The molecule has 0 unspecified atom stereocenters. The molecule has 0 radical (unpaired) electrons. The highest BCUT2D eigenvalue weighted by molar-refractivity contribution is 5.12. The normalized spacial score (nSPS) is 36.9. The van der Waals surface area contributed by atoms with E-state index in [1.807, 2.05) is 0 Å². The molecule has 0 bridgehead atoms. The van der Waals surface area contributed by atoms with Crippen LogP contribution in [-0.2, 0) is 0 Å². The SMILES string of the molecule is OC[C@H]1[C@@H](O)[C@@H](O)[C@H](O)c2cncn21. The summed E-state index contributed by atoms with van der Waals surface area (Å²) < 4.78 is 1.47. The number of imidazole rings is 1. The zero-order valence-electron chi connectivity index (χ0n) is 7.35. The Morgan fingerprint density at radius 2 is 2.00 bits per heavy atom. The number of aromatic nitrogens is 2. The molecule has 0 aliphatic carbocycles. The van der Waals surface area contributed by atoms with E-state index in [1.54, 1.807) is 0 Å². The summed E-state index contributed by atoms with van der Waals surface area (Å²) in [5.41, 5.74) is 0.404. The number of aliphatic hydroxyl groups excluding tert-OH is 4. The minimum absolute atomic E-state index is 0.311. The largest absolute Gasteiger partial charge is 0.394 e. The summed E-state index contributed by atoms with van der Waals surface area (Å²) in [5, 5.41) is 37.6. The van der Waals surface area contributed by atoms with Crippen molar-refractivity contribution < 1.29 is 20.4 Å². The lowest BCUT2D eigenvalue weighted by molar-refractivity contribution is -0.107. The van der Waals surface area contributed by atoms with E-state index in [1.165, 1.54) is 17.1 Å². The predicted molar refractivity (Wildman–Crippen MR) is 45.3 cm³/mol. The van der Waals surface area contributed by atoms with Crippen molar-refractivity contribution in [2.45, 2.75) is 24.4 Å². The molecule has 0 fully saturated rings. The molecule has 2 heterocycles. The van der Waals surface area contributed by atoms with Gasteiger partial charge in [-0.1, -0.05) is 0 Å². The first-order chi connectivity index (χ1) is 6.66.